The predicted octanol–water partition coefficient (Wildman–Crippen LogP) is 4.52. The highest BCUT2D eigenvalue weighted by Gasteiger charge is 2.42. The van der Waals surface area contributed by atoms with Crippen molar-refractivity contribution in [3.8, 4) is 0 Å². The number of rotatable bonds is 3. The minimum atomic E-state index is -0.365. The number of nitrogens with one attached hydrogen (secondary N) is 1. The molecule has 6 nitrogen and oxygen atoms in total. The van der Waals surface area contributed by atoms with Crippen molar-refractivity contribution in [1.29, 1.82) is 0 Å². The monoisotopic (exact) mass is 364 g/mol. The first-order chi connectivity index (χ1) is 13.0. The maximum Gasteiger partial charge on any atom is 0.337 e. The Hall–Kier alpha value is -3.15. The molecule has 4 rings (SSSR count). The number of aryl methyl sites for hydroxylation is 1. The van der Waals surface area contributed by atoms with Crippen LogP contribution in [0.5, 0.6) is 0 Å². The lowest BCUT2D eigenvalue weighted by atomic mass is 9.75. The second-order valence-electron chi connectivity index (χ2n) is 7.04. The number of esters is 1. The Morgan fingerprint density at radius 1 is 1.22 bits per heavy atom. The van der Waals surface area contributed by atoms with Gasteiger partial charge in [0.15, 0.2) is 0 Å². The van der Waals surface area contributed by atoms with Crippen LogP contribution in [0, 0.1) is 23.0 Å². The van der Waals surface area contributed by atoms with E-state index in [0.717, 1.165) is 28.8 Å². The van der Waals surface area contributed by atoms with Crippen molar-refractivity contribution in [2.45, 2.75) is 25.3 Å². The van der Waals surface area contributed by atoms with E-state index >= 15 is 0 Å². The zero-order valence-corrected chi connectivity index (χ0v) is 15.1. The topological polar surface area (TPSA) is 81.5 Å². The van der Waals surface area contributed by atoms with Crippen LogP contribution in [-0.4, -0.2) is 18.0 Å². The quantitative estimate of drug-likeness (QED) is 0.375. The van der Waals surface area contributed by atoms with Crippen LogP contribution in [0.15, 0.2) is 48.6 Å². The minimum Gasteiger partial charge on any atom is -0.465 e. The van der Waals surface area contributed by atoms with Gasteiger partial charge in [0, 0.05) is 17.7 Å². The molecule has 1 heterocycles. The maximum absolute atomic E-state index is 11.7. The van der Waals surface area contributed by atoms with Gasteiger partial charge in [-0.05, 0) is 42.5 Å². The summed E-state index contributed by atoms with van der Waals surface area (Å²) in [6, 6.07) is 10.8. The van der Waals surface area contributed by atoms with Crippen molar-refractivity contribution in [2.24, 2.45) is 5.92 Å². The molecule has 138 valence electrons. The largest absolute Gasteiger partial charge is 0.465 e. The highest BCUT2D eigenvalue weighted by Crippen LogP contribution is 2.53. The van der Waals surface area contributed by atoms with Crippen molar-refractivity contribution >= 4 is 17.3 Å². The van der Waals surface area contributed by atoms with E-state index in [2.05, 4.69) is 17.5 Å². The summed E-state index contributed by atoms with van der Waals surface area (Å²) >= 11 is 0. The standard InChI is InChI=1S/C21H20N2O4/c1-12-6-11-17(23(25)26)18-15-4-3-5-16(15)20(22-19(12)18)13-7-9-14(10-8-13)21(24)27-2/h3-4,6-11,15-16,20,22H,5H2,1-2H3/t15-,16+,20+/m1/s1. The lowest BCUT2D eigenvalue weighted by molar-refractivity contribution is -0.385. The molecule has 0 fully saturated rings. The molecule has 0 amide bonds. The molecule has 0 aromatic heterocycles. The summed E-state index contributed by atoms with van der Waals surface area (Å²) < 4.78 is 4.76. The SMILES string of the molecule is COC(=O)c1ccc([C@@H]2Nc3c(C)ccc([N+](=O)[O-])c3[C@@H]3C=CC[C@@H]32)cc1. The third-order valence-electron chi connectivity index (χ3n) is 5.59. The van der Waals surface area contributed by atoms with Crippen LogP contribution in [0.2, 0.25) is 0 Å². The van der Waals surface area contributed by atoms with Gasteiger partial charge >= 0.3 is 5.97 Å². The van der Waals surface area contributed by atoms with Crippen LogP contribution >= 0.6 is 0 Å². The van der Waals surface area contributed by atoms with Crippen molar-refractivity contribution in [2.75, 3.05) is 12.4 Å². The van der Waals surface area contributed by atoms with Crippen LogP contribution in [0.3, 0.4) is 0 Å². The Kier molecular flexibility index (Phi) is 4.18. The normalized spacial score (nSPS) is 22.5. The van der Waals surface area contributed by atoms with E-state index in [1.165, 1.54) is 7.11 Å². The third kappa shape index (κ3) is 2.77. The fourth-order valence-electron chi connectivity index (χ4n) is 4.27. The summed E-state index contributed by atoms with van der Waals surface area (Å²) in [6.07, 6.45) is 5.05. The number of benzene rings is 2. The van der Waals surface area contributed by atoms with E-state index < -0.39 is 0 Å². The number of nitrogens with zero attached hydrogens (tertiary/aromatic N) is 1. The molecule has 2 aromatic carbocycles. The van der Waals surface area contributed by atoms with Gasteiger partial charge in [-0.15, -0.1) is 0 Å². The zero-order chi connectivity index (χ0) is 19.1. The second-order valence-corrected chi connectivity index (χ2v) is 7.04. The van der Waals surface area contributed by atoms with Crippen LogP contribution in [0.1, 0.15) is 45.4 Å². The molecule has 0 saturated carbocycles. The van der Waals surface area contributed by atoms with Gasteiger partial charge in [0.25, 0.3) is 5.69 Å². The number of anilines is 1. The average molecular weight is 364 g/mol. The summed E-state index contributed by atoms with van der Waals surface area (Å²) in [5.41, 5.74) is 4.35. The summed E-state index contributed by atoms with van der Waals surface area (Å²) in [7, 11) is 1.36. The fraction of sp³-hybridized carbons (Fsp3) is 0.286. The third-order valence-corrected chi connectivity index (χ3v) is 5.59. The van der Waals surface area contributed by atoms with Gasteiger partial charge in [-0.1, -0.05) is 30.4 Å². The van der Waals surface area contributed by atoms with Gasteiger partial charge in [0.05, 0.1) is 29.2 Å². The molecule has 3 atom stereocenters. The zero-order valence-electron chi connectivity index (χ0n) is 15.1. The lowest BCUT2D eigenvalue weighted by Crippen LogP contribution is -2.30. The van der Waals surface area contributed by atoms with Crippen LogP contribution in [-0.2, 0) is 4.74 Å². The molecule has 0 saturated heterocycles. The smallest absolute Gasteiger partial charge is 0.337 e. The number of carbonyl (C=O) groups excluding carboxylic acids is 1. The Bertz CT molecular complexity index is 949. The Labute approximate surface area is 157 Å². The Balaban J connectivity index is 1.77. The summed E-state index contributed by atoms with van der Waals surface area (Å²) in [6.45, 7) is 1.96. The number of ether oxygens (including phenoxy) is 1. The minimum absolute atomic E-state index is 0.00633. The van der Waals surface area contributed by atoms with Gasteiger partial charge in [0.2, 0.25) is 0 Å². The highest BCUT2D eigenvalue weighted by molar-refractivity contribution is 5.89. The van der Waals surface area contributed by atoms with Gasteiger partial charge < -0.3 is 10.1 Å². The molecular weight excluding hydrogens is 344 g/mol. The van der Waals surface area contributed by atoms with E-state index in [9.17, 15) is 14.9 Å². The fourth-order valence-corrected chi connectivity index (χ4v) is 4.27. The van der Waals surface area contributed by atoms with Crippen LogP contribution < -0.4 is 5.32 Å². The first-order valence-electron chi connectivity index (χ1n) is 8.90. The first-order valence-corrected chi connectivity index (χ1v) is 8.90. The number of nitro benzene ring substituents is 1. The number of methoxy groups -OCH3 is 1. The summed E-state index contributed by atoms with van der Waals surface area (Å²) in [5.74, 6) is -0.163. The van der Waals surface area contributed by atoms with Gasteiger partial charge in [0.1, 0.15) is 0 Å². The summed E-state index contributed by atoms with van der Waals surface area (Å²) in [4.78, 5) is 22.9. The number of hydrogen-bond acceptors (Lipinski definition) is 5. The highest BCUT2D eigenvalue weighted by atomic mass is 16.6. The van der Waals surface area contributed by atoms with Crippen LogP contribution in [0.4, 0.5) is 11.4 Å². The summed E-state index contributed by atoms with van der Waals surface area (Å²) in [5, 5.41) is 15.1. The number of nitro groups is 1. The number of hydrogen-bond donors (Lipinski definition) is 1. The Morgan fingerprint density at radius 2 is 1.96 bits per heavy atom. The van der Waals surface area contributed by atoms with Crippen molar-refractivity contribution < 1.29 is 14.5 Å². The predicted molar refractivity (Wildman–Crippen MR) is 102 cm³/mol. The first kappa shape index (κ1) is 17.3. The number of allylic oxidation sites excluding steroid dienone is 2. The van der Waals surface area contributed by atoms with E-state index in [-0.39, 0.29) is 34.5 Å². The molecule has 27 heavy (non-hydrogen) atoms. The van der Waals surface area contributed by atoms with Crippen molar-refractivity contribution in [3.63, 3.8) is 0 Å². The molecule has 2 aromatic rings. The molecule has 1 aliphatic heterocycles. The molecule has 1 N–H and O–H groups in total. The molecule has 0 bridgehead atoms. The Morgan fingerprint density at radius 3 is 2.63 bits per heavy atom. The van der Waals surface area contributed by atoms with Crippen molar-refractivity contribution in [1.82, 2.24) is 0 Å². The molecule has 1 aliphatic carbocycles. The molecular formula is C21H20N2O4. The molecule has 0 unspecified atom stereocenters. The van der Waals surface area contributed by atoms with Crippen molar-refractivity contribution in [3.05, 3.63) is 80.9 Å². The van der Waals surface area contributed by atoms with Crippen LogP contribution in [0.25, 0.3) is 0 Å². The lowest BCUT2D eigenvalue weighted by Gasteiger charge is -2.38. The van der Waals surface area contributed by atoms with E-state index in [1.54, 1.807) is 24.3 Å². The number of fused-ring (bicyclic) bond motifs is 3. The van der Waals surface area contributed by atoms with E-state index in [0.29, 0.717) is 5.56 Å². The molecule has 2 aliphatic rings. The molecule has 0 radical (unpaired) electrons. The maximum atomic E-state index is 11.7. The van der Waals surface area contributed by atoms with E-state index in [1.807, 2.05) is 19.1 Å². The second kappa shape index (κ2) is 6.54. The average Bonchev–Trinajstić information content (AvgIpc) is 3.17. The van der Waals surface area contributed by atoms with E-state index in [4.69, 9.17) is 4.74 Å². The van der Waals surface area contributed by atoms with Gasteiger partial charge in [-0.3, -0.25) is 10.1 Å². The van der Waals surface area contributed by atoms with Gasteiger partial charge in [-0.2, -0.15) is 0 Å². The number of carbonyl (C=O) groups is 1. The molecule has 0 spiro atoms. The van der Waals surface area contributed by atoms with Gasteiger partial charge in [-0.25, -0.2) is 4.79 Å². The molecule has 6 heteroatoms.